The first-order valence-corrected chi connectivity index (χ1v) is 12.2. The van der Waals surface area contributed by atoms with E-state index in [1.165, 1.54) is 57.7 Å². The molecule has 3 aromatic rings. The number of carbonyl (C=O) groups is 1. The molecule has 1 amide bonds. The molecule has 3 heterocycles. The Morgan fingerprint density at radius 1 is 1.11 bits per heavy atom. The summed E-state index contributed by atoms with van der Waals surface area (Å²) in [5.74, 6) is -0.222. The first kappa shape index (κ1) is 19.3. The number of sulfonamides is 1. The minimum atomic E-state index is -3.75. The van der Waals surface area contributed by atoms with Gasteiger partial charge >= 0.3 is 0 Å². The lowest BCUT2D eigenvalue weighted by atomic mass is 10.3. The molecular weight excluding hydrogens is 455 g/mol. The normalized spacial score (nSPS) is 16.1. The summed E-state index contributed by atoms with van der Waals surface area (Å²) in [5.41, 5.74) is 0.519. The molecule has 11 heteroatoms. The summed E-state index contributed by atoms with van der Waals surface area (Å²) in [5, 5.41) is 3.91. The van der Waals surface area contributed by atoms with Crippen LogP contribution in [0, 0.1) is 0 Å². The highest BCUT2D eigenvalue weighted by Gasteiger charge is 2.33. The van der Waals surface area contributed by atoms with Crippen molar-refractivity contribution >= 4 is 83.8 Å². The van der Waals surface area contributed by atoms with Crippen LogP contribution in [0.4, 0.5) is 10.8 Å². The standard InChI is InChI=1S/C17H11N3O3S5/c21-15-14(10-12-2-1-8-25-12)27-17(24)20(15)11-3-5-13(6-4-11)28(22,23)19-16-18-7-9-26-16/h1-10H,(H,18,19)/b14-10+. The lowest BCUT2D eigenvalue weighted by molar-refractivity contribution is -0.113. The van der Waals surface area contributed by atoms with Crippen molar-refractivity contribution in [1.82, 2.24) is 4.98 Å². The van der Waals surface area contributed by atoms with Gasteiger partial charge in [-0.3, -0.25) is 14.4 Å². The number of hydrogen-bond acceptors (Lipinski definition) is 8. The fraction of sp³-hybridized carbons (Fsp3) is 0. The van der Waals surface area contributed by atoms with E-state index in [1.807, 2.05) is 17.5 Å². The van der Waals surface area contributed by atoms with E-state index in [0.29, 0.717) is 20.0 Å². The van der Waals surface area contributed by atoms with Gasteiger partial charge in [0.15, 0.2) is 9.45 Å². The van der Waals surface area contributed by atoms with Crippen molar-refractivity contribution in [1.29, 1.82) is 0 Å². The van der Waals surface area contributed by atoms with Crippen LogP contribution in [0.1, 0.15) is 4.88 Å². The van der Waals surface area contributed by atoms with Crippen LogP contribution in [-0.2, 0) is 14.8 Å². The number of thioether (sulfide) groups is 1. The Hall–Kier alpha value is -2.05. The summed E-state index contributed by atoms with van der Waals surface area (Å²) >= 11 is 9.30. The summed E-state index contributed by atoms with van der Waals surface area (Å²) in [6, 6.07) is 9.84. The van der Waals surface area contributed by atoms with Crippen LogP contribution in [0.5, 0.6) is 0 Å². The quantitative estimate of drug-likeness (QED) is 0.444. The zero-order valence-electron chi connectivity index (χ0n) is 13.9. The number of hydrogen-bond donors (Lipinski definition) is 1. The van der Waals surface area contributed by atoms with Crippen LogP contribution in [0.15, 0.2) is 63.2 Å². The van der Waals surface area contributed by atoms with Crippen molar-refractivity contribution in [2.24, 2.45) is 0 Å². The predicted octanol–water partition coefficient (Wildman–Crippen LogP) is 4.41. The second kappa shape index (κ2) is 7.76. The maximum absolute atomic E-state index is 12.8. The molecule has 4 rings (SSSR count). The molecular formula is C17H11N3O3S5. The van der Waals surface area contributed by atoms with Crippen molar-refractivity contribution in [2.45, 2.75) is 4.90 Å². The summed E-state index contributed by atoms with van der Waals surface area (Å²) in [4.78, 5) is 19.7. The number of thiocarbonyl (C=S) groups is 1. The van der Waals surface area contributed by atoms with E-state index in [4.69, 9.17) is 12.2 Å². The number of nitrogens with one attached hydrogen (secondary N) is 1. The Kier molecular flexibility index (Phi) is 5.34. The second-order valence-electron chi connectivity index (χ2n) is 5.47. The number of carbonyl (C=O) groups excluding carboxylic acids is 1. The minimum absolute atomic E-state index is 0.0750. The van der Waals surface area contributed by atoms with Crippen molar-refractivity contribution in [2.75, 3.05) is 9.62 Å². The first-order chi connectivity index (χ1) is 13.4. The van der Waals surface area contributed by atoms with E-state index >= 15 is 0 Å². The van der Waals surface area contributed by atoms with E-state index in [9.17, 15) is 13.2 Å². The van der Waals surface area contributed by atoms with Gasteiger partial charge in [0.25, 0.3) is 15.9 Å². The fourth-order valence-corrected chi connectivity index (χ4v) is 6.23. The lowest BCUT2D eigenvalue weighted by Crippen LogP contribution is -2.27. The highest BCUT2D eigenvalue weighted by Crippen LogP contribution is 2.36. The Bertz CT molecular complexity index is 1150. The Morgan fingerprint density at radius 3 is 2.54 bits per heavy atom. The van der Waals surface area contributed by atoms with E-state index in [1.54, 1.807) is 23.6 Å². The molecule has 1 aromatic carbocycles. The number of rotatable bonds is 5. The summed E-state index contributed by atoms with van der Waals surface area (Å²) in [6.07, 6.45) is 3.32. The number of nitrogens with zero attached hydrogens (tertiary/aromatic N) is 2. The first-order valence-electron chi connectivity index (χ1n) is 7.78. The van der Waals surface area contributed by atoms with Crippen LogP contribution in [0.3, 0.4) is 0 Å². The number of benzene rings is 1. The third-order valence-electron chi connectivity index (χ3n) is 3.67. The number of anilines is 2. The molecule has 6 nitrogen and oxygen atoms in total. The molecule has 0 saturated carbocycles. The van der Waals surface area contributed by atoms with Gasteiger partial charge in [0.2, 0.25) is 0 Å². The number of thiophene rings is 1. The van der Waals surface area contributed by atoms with Crippen LogP contribution < -0.4 is 9.62 Å². The van der Waals surface area contributed by atoms with Gasteiger partial charge in [-0.1, -0.05) is 30.0 Å². The zero-order valence-corrected chi connectivity index (χ0v) is 18.0. The molecule has 1 aliphatic rings. The average molecular weight is 466 g/mol. The monoisotopic (exact) mass is 465 g/mol. The van der Waals surface area contributed by atoms with Gasteiger partial charge in [0, 0.05) is 16.5 Å². The molecule has 1 saturated heterocycles. The minimum Gasteiger partial charge on any atom is -0.268 e. The SMILES string of the molecule is O=C1/C(=C\c2cccs2)SC(=S)N1c1ccc(S(=O)(=O)Nc2nccs2)cc1. The van der Waals surface area contributed by atoms with Gasteiger partial charge in [-0.05, 0) is 41.8 Å². The molecule has 1 fully saturated rings. The largest absolute Gasteiger partial charge is 0.270 e. The summed E-state index contributed by atoms with van der Waals surface area (Å²) in [7, 11) is -3.75. The predicted molar refractivity (Wildman–Crippen MR) is 119 cm³/mol. The maximum atomic E-state index is 12.8. The molecule has 0 atom stereocenters. The van der Waals surface area contributed by atoms with Gasteiger partial charge in [-0.2, -0.15) is 0 Å². The van der Waals surface area contributed by atoms with Gasteiger partial charge < -0.3 is 0 Å². The fourth-order valence-electron chi connectivity index (χ4n) is 2.42. The Morgan fingerprint density at radius 2 is 1.89 bits per heavy atom. The highest BCUT2D eigenvalue weighted by molar-refractivity contribution is 8.27. The zero-order chi connectivity index (χ0) is 19.7. The second-order valence-corrected chi connectivity index (χ2v) is 10.7. The van der Waals surface area contributed by atoms with E-state index in [2.05, 4.69) is 9.71 Å². The van der Waals surface area contributed by atoms with Gasteiger partial charge in [0.1, 0.15) is 0 Å². The summed E-state index contributed by atoms with van der Waals surface area (Å²) < 4.78 is 27.7. The number of amides is 1. The van der Waals surface area contributed by atoms with E-state index < -0.39 is 10.0 Å². The van der Waals surface area contributed by atoms with Gasteiger partial charge in [-0.25, -0.2) is 13.4 Å². The molecule has 0 spiro atoms. The number of aromatic nitrogens is 1. The third kappa shape index (κ3) is 3.89. The van der Waals surface area contributed by atoms with E-state index in [0.717, 1.165) is 4.88 Å². The van der Waals surface area contributed by atoms with E-state index in [-0.39, 0.29) is 10.8 Å². The molecule has 28 heavy (non-hydrogen) atoms. The maximum Gasteiger partial charge on any atom is 0.270 e. The van der Waals surface area contributed by atoms with Gasteiger partial charge in [0.05, 0.1) is 15.5 Å². The van der Waals surface area contributed by atoms with Crippen molar-refractivity contribution < 1.29 is 13.2 Å². The van der Waals surface area contributed by atoms with Crippen molar-refractivity contribution in [3.05, 3.63) is 63.1 Å². The smallest absolute Gasteiger partial charge is 0.268 e. The molecule has 0 radical (unpaired) electrons. The third-order valence-corrected chi connectivity index (χ3v) is 7.96. The Balaban J connectivity index is 1.57. The van der Waals surface area contributed by atoms with Crippen LogP contribution in [-0.4, -0.2) is 23.6 Å². The van der Waals surface area contributed by atoms with Crippen LogP contribution in [0.2, 0.25) is 0 Å². The lowest BCUT2D eigenvalue weighted by Gasteiger charge is -2.15. The number of thiazole rings is 1. The van der Waals surface area contributed by atoms with Crippen molar-refractivity contribution in [3.8, 4) is 0 Å². The molecule has 0 bridgehead atoms. The topological polar surface area (TPSA) is 79.4 Å². The van der Waals surface area contributed by atoms with Crippen molar-refractivity contribution in [3.63, 3.8) is 0 Å². The molecule has 1 aliphatic heterocycles. The molecule has 0 unspecified atom stereocenters. The highest BCUT2D eigenvalue weighted by atomic mass is 32.2. The molecule has 142 valence electrons. The average Bonchev–Trinajstić information content (AvgIpc) is 3.39. The summed E-state index contributed by atoms with van der Waals surface area (Å²) in [6.45, 7) is 0. The van der Waals surface area contributed by atoms with Crippen LogP contribution in [0.25, 0.3) is 6.08 Å². The van der Waals surface area contributed by atoms with Gasteiger partial charge in [-0.15, -0.1) is 22.7 Å². The molecule has 2 aromatic heterocycles. The molecule has 1 N–H and O–H groups in total. The Labute approximate surface area is 179 Å². The van der Waals surface area contributed by atoms with Crippen LogP contribution >= 0.6 is 46.7 Å². The molecule has 0 aliphatic carbocycles.